The Hall–Kier alpha value is -1.97. The standard InChI is InChI=1S/C15H19N3O/c1-9-11-6-4-3-5-10(11)7-13(19)14(9)12-8-17-18(2)15(12)16/h7-8,19H,3-6,16H2,1-2H3. The second-order valence-electron chi connectivity index (χ2n) is 5.31. The fourth-order valence-electron chi connectivity index (χ4n) is 3.08. The average Bonchev–Trinajstić information content (AvgIpc) is 2.71. The molecule has 3 N–H and O–H groups in total. The third kappa shape index (κ3) is 1.79. The van der Waals surface area contributed by atoms with E-state index in [2.05, 4.69) is 12.0 Å². The van der Waals surface area contributed by atoms with Crippen LogP contribution in [0.2, 0.25) is 0 Å². The lowest BCUT2D eigenvalue weighted by Crippen LogP contribution is -2.06. The molecule has 0 saturated carbocycles. The molecule has 0 aliphatic heterocycles. The summed E-state index contributed by atoms with van der Waals surface area (Å²) in [6.07, 6.45) is 6.31. The number of nitrogens with zero attached hydrogens (tertiary/aromatic N) is 2. The van der Waals surface area contributed by atoms with Crippen LogP contribution < -0.4 is 5.73 Å². The van der Waals surface area contributed by atoms with Gasteiger partial charge in [0.05, 0.1) is 6.20 Å². The fourth-order valence-corrected chi connectivity index (χ4v) is 3.08. The maximum atomic E-state index is 10.3. The Morgan fingerprint density at radius 1 is 1.32 bits per heavy atom. The Morgan fingerprint density at radius 2 is 2.05 bits per heavy atom. The van der Waals surface area contributed by atoms with Gasteiger partial charge in [-0.3, -0.25) is 4.68 Å². The molecule has 1 aliphatic rings. The van der Waals surface area contributed by atoms with Crippen LogP contribution in [-0.4, -0.2) is 14.9 Å². The van der Waals surface area contributed by atoms with Gasteiger partial charge in [0.15, 0.2) is 0 Å². The largest absolute Gasteiger partial charge is 0.507 e. The third-order valence-corrected chi connectivity index (χ3v) is 4.16. The topological polar surface area (TPSA) is 64.1 Å². The molecule has 3 rings (SSSR count). The zero-order chi connectivity index (χ0) is 13.6. The summed E-state index contributed by atoms with van der Waals surface area (Å²) in [5, 5.41) is 14.5. The number of aromatic hydroxyl groups is 1. The molecule has 0 amide bonds. The van der Waals surface area contributed by atoms with E-state index in [0.717, 1.165) is 29.5 Å². The van der Waals surface area contributed by atoms with Crippen molar-refractivity contribution >= 4 is 5.82 Å². The molecule has 2 aromatic rings. The number of anilines is 1. The highest BCUT2D eigenvalue weighted by molar-refractivity contribution is 5.82. The van der Waals surface area contributed by atoms with Gasteiger partial charge < -0.3 is 10.8 Å². The Labute approximate surface area is 112 Å². The number of fused-ring (bicyclic) bond motifs is 1. The smallest absolute Gasteiger partial charge is 0.129 e. The molecule has 0 atom stereocenters. The van der Waals surface area contributed by atoms with Crippen LogP contribution in [0.1, 0.15) is 29.5 Å². The van der Waals surface area contributed by atoms with Crippen molar-refractivity contribution in [1.29, 1.82) is 0 Å². The van der Waals surface area contributed by atoms with E-state index in [1.807, 2.05) is 13.1 Å². The number of aryl methyl sites for hydroxylation is 2. The van der Waals surface area contributed by atoms with Crippen molar-refractivity contribution in [2.45, 2.75) is 32.6 Å². The van der Waals surface area contributed by atoms with Crippen LogP contribution in [0.3, 0.4) is 0 Å². The number of hydrogen-bond acceptors (Lipinski definition) is 3. The zero-order valence-electron chi connectivity index (χ0n) is 11.4. The average molecular weight is 257 g/mol. The first-order valence-electron chi connectivity index (χ1n) is 6.71. The van der Waals surface area contributed by atoms with Crippen LogP contribution in [0.4, 0.5) is 5.82 Å². The number of nitrogens with two attached hydrogens (primary N) is 1. The summed E-state index contributed by atoms with van der Waals surface area (Å²) in [5.41, 5.74) is 11.5. The minimum Gasteiger partial charge on any atom is -0.507 e. The molecule has 1 aromatic heterocycles. The number of aromatic nitrogens is 2. The van der Waals surface area contributed by atoms with Crippen molar-refractivity contribution in [2.24, 2.45) is 7.05 Å². The van der Waals surface area contributed by atoms with Gasteiger partial charge in [-0.2, -0.15) is 5.10 Å². The van der Waals surface area contributed by atoms with Crippen molar-refractivity contribution in [2.75, 3.05) is 5.73 Å². The van der Waals surface area contributed by atoms with Gasteiger partial charge in [0.25, 0.3) is 0 Å². The summed E-state index contributed by atoms with van der Waals surface area (Å²) in [7, 11) is 1.81. The van der Waals surface area contributed by atoms with Crippen molar-refractivity contribution in [3.05, 3.63) is 29.0 Å². The minimum atomic E-state index is 0.317. The molecule has 0 saturated heterocycles. The number of nitrogen functional groups attached to an aromatic ring is 1. The van der Waals surface area contributed by atoms with E-state index >= 15 is 0 Å². The Balaban J connectivity index is 2.24. The molecular weight excluding hydrogens is 238 g/mol. The Kier molecular flexibility index (Phi) is 2.73. The molecule has 0 spiro atoms. The summed E-state index contributed by atoms with van der Waals surface area (Å²) in [4.78, 5) is 0. The molecule has 100 valence electrons. The normalized spacial score (nSPS) is 14.4. The maximum Gasteiger partial charge on any atom is 0.129 e. The van der Waals surface area contributed by atoms with Gasteiger partial charge in [0.2, 0.25) is 0 Å². The molecule has 4 heteroatoms. The van der Waals surface area contributed by atoms with E-state index in [0.29, 0.717) is 11.6 Å². The van der Waals surface area contributed by atoms with Crippen molar-refractivity contribution < 1.29 is 5.11 Å². The first-order valence-corrected chi connectivity index (χ1v) is 6.71. The summed E-state index contributed by atoms with van der Waals surface area (Å²) in [6.45, 7) is 2.08. The summed E-state index contributed by atoms with van der Waals surface area (Å²) >= 11 is 0. The summed E-state index contributed by atoms with van der Waals surface area (Å²) in [6, 6.07) is 1.91. The first-order chi connectivity index (χ1) is 9.09. The van der Waals surface area contributed by atoms with Gasteiger partial charge in [0, 0.05) is 18.2 Å². The van der Waals surface area contributed by atoms with Crippen LogP contribution in [0.5, 0.6) is 5.75 Å². The number of rotatable bonds is 1. The van der Waals surface area contributed by atoms with E-state index in [9.17, 15) is 5.11 Å². The van der Waals surface area contributed by atoms with Gasteiger partial charge in [0.1, 0.15) is 11.6 Å². The van der Waals surface area contributed by atoms with Crippen molar-refractivity contribution in [3.63, 3.8) is 0 Å². The van der Waals surface area contributed by atoms with E-state index in [4.69, 9.17) is 5.73 Å². The highest BCUT2D eigenvalue weighted by Crippen LogP contribution is 2.40. The lowest BCUT2D eigenvalue weighted by Gasteiger charge is -2.21. The number of phenols is 1. The Bertz CT molecular complexity index is 643. The van der Waals surface area contributed by atoms with Crippen LogP contribution in [-0.2, 0) is 19.9 Å². The molecule has 0 fully saturated rings. The molecule has 1 aromatic carbocycles. The minimum absolute atomic E-state index is 0.317. The van der Waals surface area contributed by atoms with E-state index < -0.39 is 0 Å². The zero-order valence-corrected chi connectivity index (χ0v) is 11.4. The van der Waals surface area contributed by atoms with Crippen LogP contribution in [0, 0.1) is 6.92 Å². The molecule has 0 unspecified atom stereocenters. The van der Waals surface area contributed by atoms with Crippen LogP contribution in [0.15, 0.2) is 12.3 Å². The molecule has 1 heterocycles. The van der Waals surface area contributed by atoms with E-state index in [1.165, 1.54) is 24.0 Å². The lowest BCUT2D eigenvalue weighted by atomic mass is 9.84. The van der Waals surface area contributed by atoms with Crippen molar-refractivity contribution in [1.82, 2.24) is 9.78 Å². The van der Waals surface area contributed by atoms with Crippen LogP contribution >= 0.6 is 0 Å². The van der Waals surface area contributed by atoms with Crippen molar-refractivity contribution in [3.8, 4) is 16.9 Å². The first kappa shape index (κ1) is 12.1. The molecule has 0 radical (unpaired) electrons. The predicted octanol–water partition coefficient (Wildman–Crippen LogP) is 2.56. The molecule has 19 heavy (non-hydrogen) atoms. The molecule has 0 bridgehead atoms. The van der Waals surface area contributed by atoms with Gasteiger partial charge >= 0.3 is 0 Å². The monoisotopic (exact) mass is 257 g/mol. The van der Waals surface area contributed by atoms with E-state index in [1.54, 1.807) is 10.9 Å². The highest BCUT2D eigenvalue weighted by Gasteiger charge is 2.21. The molecule has 4 nitrogen and oxygen atoms in total. The predicted molar refractivity (Wildman–Crippen MR) is 76.1 cm³/mol. The second kappa shape index (κ2) is 4.30. The van der Waals surface area contributed by atoms with Gasteiger partial charge in [-0.15, -0.1) is 0 Å². The lowest BCUT2D eigenvalue weighted by molar-refractivity contribution is 0.475. The quantitative estimate of drug-likeness (QED) is 0.825. The maximum absolute atomic E-state index is 10.3. The fraction of sp³-hybridized carbons (Fsp3) is 0.400. The SMILES string of the molecule is Cc1c2c(cc(O)c1-c1cnn(C)c1N)CCCC2. The molecular formula is C15H19N3O. The highest BCUT2D eigenvalue weighted by atomic mass is 16.3. The number of hydrogen-bond donors (Lipinski definition) is 2. The number of phenolic OH excluding ortho intramolecular Hbond substituents is 1. The van der Waals surface area contributed by atoms with E-state index in [-0.39, 0.29) is 0 Å². The summed E-state index contributed by atoms with van der Waals surface area (Å²) in [5.74, 6) is 0.909. The van der Waals surface area contributed by atoms with Crippen LogP contribution in [0.25, 0.3) is 11.1 Å². The van der Waals surface area contributed by atoms with Gasteiger partial charge in [-0.25, -0.2) is 0 Å². The third-order valence-electron chi connectivity index (χ3n) is 4.16. The summed E-state index contributed by atoms with van der Waals surface area (Å²) < 4.78 is 1.63. The Morgan fingerprint density at radius 3 is 2.74 bits per heavy atom. The molecule has 1 aliphatic carbocycles. The van der Waals surface area contributed by atoms with Gasteiger partial charge in [-0.05, 0) is 55.4 Å². The number of benzene rings is 1. The second-order valence-corrected chi connectivity index (χ2v) is 5.31. The van der Waals surface area contributed by atoms with Gasteiger partial charge in [-0.1, -0.05) is 0 Å².